The number of hydrogen-bond acceptors (Lipinski definition) is 2. The SMILES string of the molecule is CC1CN(C(=O)Cc2ccc3ccccc3c2)CC1N. The van der Waals surface area contributed by atoms with Crippen molar-refractivity contribution in [3.63, 3.8) is 0 Å². The molecule has 0 saturated carbocycles. The van der Waals surface area contributed by atoms with Crippen molar-refractivity contribution >= 4 is 16.7 Å². The molecule has 1 saturated heterocycles. The normalized spacial score (nSPS) is 22.4. The number of hydrogen-bond donors (Lipinski definition) is 1. The third-order valence-electron chi connectivity index (χ3n) is 4.19. The van der Waals surface area contributed by atoms with Gasteiger partial charge in [-0.15, -0.1) is 0 Å². The number of rotatable bonds is 2. The van der Waals surface area contributed by atoms with Crippen molar-refractivity contribution in [3.8, 4) is 0 Å². The molecule has 3 heteroatoms. The lowest BCUT2D eigenvalue weighted by atomic mass is 10.0. The summed E-state index contributed by atoms with van der Waals surface area (Å²) in [7, 11) is 0. The van der Waals surface area contributed by atoms with Crippen LogP contribution < -0.4 is 5.73 Å². The standard InChI is InChI=1S/C17H20N2O/c1-12-10-19(11-16(12)18)17(20)9-13-6-7-14-4-2-3-5-15(14)8-13/h2-8,12,16H,9-11,18H2,1H3. The van der Waals surface area contributed by atoms with Gasteiger partial charge in [0.1, 0.15) is 0 Å². The van der Waals surface area contributed by atoms with Crippen LogP contribution in [0.15, 0.2) is 42.5 Å². The van der Waals surface area contributed by atoms with Crippen LogP contribution in [0.25, 0.3) is 10.8 Å². The second kappa shape index (κ2) is 5.25. The smallest absolute Gasteiger partial charge is 0.227 e. The van der Waals surface area contributed by atoms with E-state index in [1.165, 1.54) is 10.8 Å². The minimum Gasteiger partial charge on any atom is -0.341 e. The number of carbonyl (C=O) groups excluding carboxylic acids is 1. The molecule has 1 aliphatic heterocycles. The van der Waals surface area contributed by atoms with Crippen LogP contribution in [0, 0.1) is 5.92 Å². The summed E-state index contributed by atoms with van der Waals surface area (Å²) >= 11 is 0. The van der Waals surface area contributed by atoms with Gasteiger partial charge in [0.2, 0.25) is 5.91 Å². The van der Waals surface area contributed by atoms with Gasteiger partial charge in [-0.1, -0.05) is 49.4 Å². The first-order chi connectivity index (χ1) is 9.63. The number of nitrogens with two attached hydrogens (primary N) is 1. The van der Waals surface area contributed by atoms with Gasteiger partial charge in [-0.3, -0.25) is 4.79 Å². The van der Waals surface area contributed by atoms with Gasteiger partial charge < -0.3 is 10.6 Å². The first kappa shape index (κ1) is 13.1. The monoisotopic (exact) mass is 268 g/mol. The molecule has 0 aromatic heterocycles. The number of nitrogens with zero attached hydrogens (tertiary/aromatic N) is 1. The summed E-state index contributed by atoms with van der Waals surface area (Å²) in [6.07, 6.45) is 0.463. The minimum absolute atomic E-state index is 0.121. The molecule has 0 aliphatic carbocycles. The molecule has 20 heavy (non-hydrogen) atoms. The minimum atomic E-state index is 0.121. The third kappa shape index (κ3) is 2.54. The third-order valence-corrected chi connectivity index (χ3v) is 4.19. The Bertz CT molecular complexity index is 628. The molecule has 104 valence electrons. The molecular formula is C17H20N2O. The van der Waals surface area contributed by atoms with E-state index < -0.39 is 0 Å². The quantitative estimate of drug-likeness (QED) is 0.907. The highest BCUT2D eigenvalue weighted by Crippen LogP contribution is 2.19. The van der Waals surface area contributed by atoms with Crippen LogP contribution in [0.5, 0.6) is 0 Å². The van der Waals surface area contributed by atoms with E-state index in [9.17, 15) is 4.79 Å². The van der Waals surface area contributed by atoms with E-state index in [0.717, 1.165) is 12.1 Å². The van der Waals surface area contributed by atoms with Gasteiger partial charge in [0, 0.05) is 19.1 Å². The average molecular weight is 268 g/mol. The predicted octanol–water partition coefficient (Wildman–Crippen LogP) is 2.19. The van der Waals surface area contributed by atoms with Gasteiger partial charge in [-0.05, 0) is 22.3 Å². The molecule has 2 N–H and O–H groups in total. The van der Waals surface area contributed by atoms with Crippen LogP contribution in [-0.2, 0) is 11.2 Å². The molecule has 1 aliphatic rings. The highest BCUT2D eigenvalue weighted by Gasteiger charge is 2.29. The predicted molar refractivity (Wildman–Crippen MR) is 81.4 cm³/mol. The second-order valence-electron chi connectivity index (χ2n) is 5.80. The van der Waals surface area contributed by atoms with Crippen molar-refractivity contribution in [2.75, 3.05) is 13.1 Å². The fraction of sp³-hybridized carbons (Fsp3) is 0.353. The first-order valence-corrected chi connectivity index (χ1v) is 7.14. The molecular weight excluding hydrogens is 248 g/mol. The Morgan fingerprint density at radius 2 is 1.95 bits per heavy atom. The molecule has 2 unspecified atom stereocenters. The molecule has 1 heterocycles. The lowest BCUT2D eigenvalue weighted by Crippen LogP contribution is -2.33. The van der Waals surface area contributed by atoms with Crippen LogP contribution in [0.3, 0.4) is 0 Å². The van der Waals surface area contributed by atoms with Gasteiger partial charge in [0.25, 0.3) is 0 Å². The summed E-state index contributed by atoms with van der Waals surface area (Å²) in [5.41, 5.74) is 7.05. The summed E-state index contributed by atoms with van der Waals surface area (Å²) in [6.45, 7) is 3.58. The molecule has 2 aromatic carbocycles. The highest BCUT2D eigenvalue weighted by molar-refractivity contribution is 5.85. The summed E-state index contributed by atoms with van der Waals surface area (Å²) in [4.78, 5) is 14.2. The van der Waals surface area contributed by atoms with E-state index in [2.05, 4.69) is 31.2 Å². The maximum Gasteiger partial charge on any atom is 0.227 e. The summed E-state index contributed by atoms with van der Waals surface area (Å²) in [6, 6.07) is 14.6. The van der Waals surface area contributed by atoms with Crippen LogP contribution in [0.2, 0.25) is 0 Å². The Hall–Kier alpha value is -1.87. The van der Waals surface area contributed by atoms with E-state index in [4.69, 9.17) is 5.73 Å². The van der Waals surface area contributed by atoms with Gasteiger partial charge in [0.05, 0.1) is 6.42 Å². The number of likely N-dealkylation sites (tertiary alicyclic amines) is 1. The Balaban J connectivity index is 1.74. The van der Waals surface area contributed by atoms with Gasteiger partial charge >= 0.3 is 0 Å². The number of carbonyl (C=O) groups is 1. The number of amides is 1. The Morgan fingerprint density at radius 3 is 2.65 bits per heavy atom. The van der Waals surface area contributed by atoms with Crippen molar-refractivity contribution in [2.45, 2.75) is 19.4 Å². The summed E-state index contributed by atoms with van der Waals surface area (Å²) in [5.74, 6) is 0.579. The molecule has 0 bridgehead atoms. The van der Waals surface area contributed by atoms with Gasteiger partial charge in [-0.25, -0.2) is 0 Å². The van der Waals surface area contributed by atoms with Crippen molar-refractivity contribution < 1.29 is 4.79 Å². The molecule has 2 aromatic rings. The fourth-order valence-corrected chi connectivity index (χ4v) is 2.83. The lowest BCUT2D eigenvalue weighted by Gasteiger charge is -2.16. The summed E-state index contributed by atoms with van der Waals surface area (Å²) < 4.78 is 0. The molecule has 1 fully saturated rings. The van der Waals surface area contributed by atoms with Crippen molar-refractivity contribution in [1.29, 1.82) is 0 Å². The van der Waals surface area contributed by atoms with E-state index >= 15 is 0 Å². The summed E-state index contributed by atoms with van der Waals surface area (Å²) in [5, 5.41) is 2.39. The zero-order valence-corrected chi connectivity index (χ0v) is 11.8. The first-order valence-electron chi connectivity index (χ1n) is 7.14. The van der Waals surface area contributed by atoms with Crippen molar-refractivity contribution in [2.24, 2.45) is 11.7 Å². The lowest BCUT2D eigenvalue weighted by molar-refractivity contribution is -0.129. The zero-order valence-electron chi connectivity index (χ0n) is 11.8. The molecule has 3 nitrogen and oxygen atoms in total. The van der Waals surface area contributed by atoms with Crippen molar-refractivity contribution in [1.82, 2.24) is 4.90 Å². The maximum atomic E-state index is 12.3. The van der Waals surface area contributed by atoms with E-state index in [1.54, 1.807) is 0 Å². The zero-order chi connectivity index (χ0) is 14.1. The average Bonchev–Trinajstić information content (AvgIpc) is 2.79. The highest BCUT2D eigenvalue weighted by atomic mass is 16.2. The van der Waals surface area contributed by atoms with Crippen LogP contribution in [-0.4, -0.2) is 29.9 Å². The maximum absolute atomic E-state index is 12.3. The Morgan fingerprint density at radius 1 is 1.20 bits per heavy atom. The Labute approximate surface area is 119 Å². The molecule has 2 atom stereocenters. The number of benzene rings is 2. The van der Waals surface area contributed by atoms with Crippen LogP contribution in [0.1, 0.15) is 12.5 Å². The van der Waals surface area contributed by atoms with Gasteiger partial charge in [0.15, 0.2) is 0 Å². The molecule has 3 rings (SSSR count). The Kier molecular flexibility index (Phi) is 3.45. The van der Waals surface area contributed by atoms with Gasteiger partial charge in [-0.2, -0.15) is 0 Å². The molecule has 0 spiro atoms. The van der Waals surface area contributed by atoms with E-state index in [0.29, 0.717) is 18.9 Å². The molecule has 0 radical (unpaired) electrons. The largest absolute Gasteiger partial charge is 0.341 e. The van der Waals surface area contributed by atoms with E-state index in [-0.39, 0.29) is 11.9 Å². The number of fused-ring (bicyclic) bond motifs is 1. The fourth-order valence-electron chi connectivity index (χ4n) is 2.83. The van der Waals surface area contributed by atoms with Crippen LogP contribution >= 0.6 is 0 Å². The van der Waals surface area contributed by atoms with Crippen molar-refractivity contribution in [3.05, 3.63) is 48.0 Å². The van der Waals surface area contributed by atoms with Crippen LogP contribution in [0.4, 0.5) is 0 Å². The second-order valence-corrected chi connectivity index (χ2v) is 5.80. The topological polar surface area (TPSA) is 46.3 Å². The van der Waals surface area contributed by atoms with E-state index in [1.807, 2.05) is 23.1 Å². The molecule has 1 amide bonds.